The van der Waals surface area contributed by atoms with Gasteiger partial charge in [0, 0.05) is 30.7 Å². The maximum Gasteiger partial charge on any atom is 0.338 e. The van der Waals surface area contributed by atoms with E-state index in [9.17, 15) is 9.59 Å². The first-order valence-corrected chi connectivity index (χ1v) is 6.86. The molecule has 0 aliphatic heterocycles. The summed E-state index contributed by atoms with van der Waals surface area (Å²) in [5, 5.41) is 6.06. The summed E-state index contributed by atoms with van der Waals surface area (Å²) < 4.78 is 7.13. The van der Waals surface area contributed by atoms with E-state index in [1.54, 1.807) is 6.07 Å². The number of nitrogens with zero attached hydrogens (tertiary/aromatic N) is 1. The van der Waals surface area contributed by atoms with E-state index in [0.717, 1.165) is 10.9 Å². The van der Waals surface area contributed by atoms with Gasteiger partial charge in [-0.05, 0) is 25.1 Å². The topological polar surface area (TPSA) is 72.4 Å². The van der Waals surface area contributed by atoms with Crippen molar-refractivity contribution in [3.8, 4) is 0 Å². The van der Waals surface area contributed by atoms with Crippen molar-refractivity contribution in [3.63, 3.8) is 0 Å². The zero-order valence-corrected chi connectivity index (χ0v) is 12.2. The molecule has 0 fully saturated rings. The predicted octanol–water partition coefficient (Wildman–Crippen LogP) is 1.65. The first-order chi connectivity index (χ1) is 10.1. The Hall–Kier alpha value is -2.50. The summed E-state index contributed by atoms with van der Waals surface area (Å²) in [5.41, 5.74) is 1.51. The van der Waals surface area contributed by atoms with Gasteiger partial charge in [0.05, 0.1) is 12.1 Å². The Kier molecular flexibility index (Phi) is 4.81. The number of fused-ring (bicyclic) bond motifs is 1. The number of rotatable bonds is 5. The van der Waals surface area contributed by atoms with Crippen molar-refractivity contribution in [3.05, 3.63) is 36.0 Å². The summed E-state index contributed by atoms with van der Waals surface area (Å²) in [6, 6.07) is 7.13. The second-order valence-electron chi connectivity index (χ2n) is 4.59. The van der Waals surface area contributed by atoms with Crippen LogP contribution in [0.3, 0.4) is 0 Å². The van der Waals surface area contributed by atoms with Crippen molar-refractivity contribution in [1.29, 1.82) is 0 Å². The number of urea groups is 1. The molecule has 0 aliphatic carbocycles. The monoisotopic (exact) mass is 289 g/mol. The van der Waals surface area contributed by atoms with Crippen LogP contribution < -0.4 is 10.6 Å². The van der Waals surface area contributed by atoms with Gasteiger partial charge >= 0.3 is 12.0 Å². The van der Waals surface area contributed by atoms with Gasteiger partial charge in [-0.1, -0.05) is 6.07 Å². The summed E-state index contributed by atoms with van der Waals surface area (Å²) >= 11 is 0. The number of hydrogen-bond donors (Lipinski definition) is 2. The zero-order valence-electron chi connectivity index (χ0n) is 12.2. The third-order valence-electron chi connectivity index (χ3n) is 3.11. The minimum atomic E-state index is -0.385. The van der Waals surface area contributed by atoms with E-state index < -0.39 is 0 Å². The van der Waals surface area contributed by atoms with Crippen molar-refractivity contribution in [2.24, 2.45) is 7.05 Å². The third kappa shape index (κ3) is 3.53. The number of carbonyl (C=O) groups excluding carboxylic acids is 2. The number of esters is 1. The second-order valence-corrected chi connectivity index (χ2v) is 4.59. The molecular weight excluding hydrogens is 270 g/mol. The number of hydrogen-bond acceptors (Lipinski definition) is 3. The number of amides is 2. The highest BCUT2D eigenvalue weighted by Gasteiger charge is 2.12. The van der Waals surface area contributed by atoms with Gasteiger partial charge in [-0.25, -0.2) is 9.59 Å². The molecule has 112 valence electrons. The lowest BCUT2D eigenvalue weighted by molar-refractivity contribution is 0.0512. The molecule has 0 aliphatic rings. The van der Waals surface area contributed by atoms with Crippen LogP contribution in [-0.2, 0) is 11.8 Å². The summed E-state index contributed by atoms with van der Waals surface area (Å²) in [6.07, 6.45) is 1.90. The number of aryl methyl sites for hydroxylation is 1. The molecule has 1 heterocycles. The van der Waals surface area contributed by atoms with Crippen LogP contribution in [0, 0.1) is 0 Å². The van der Waals surface area contributed by atoms with E-state index in [1.165, 1.54) is 0 Å². The molecule has 0 radical (unpaired) electrons. The summed E-state index contributed by atoms with van der Waals surface area (Å²) in [7, 11) is 1.92. The van der Waals surface area contributed by atoms with Crippen LogP contribution in [0.25, 0.3) is 10.9 Å². The minimum Gasteiger partial charge on any atom is -0.460 e. The number of benzene rings is 1. The van der Waals surface area contributed by atoms with Crippen LogP contribution in [0.1, 0.15) is 17.3 Å². The molecule has 0 unspecified atom stereocenters. The van der Waals surface area contributed by atoms with Gasteiger partial charge in [0.15, 0.2) is 0 Å². The number of carbonyl (C=O) groups is 2. The fourth-order valence-electron chi connectivity index (χ4n) is 2.09. The summed E-state index contributed by atoms with van der Waals surface area (Å²) in [6.45, 7) is 2.81. The van der Waals surface area contributed by atoms with E-state index in [-0.39, 0.29) is 25.2 Å². The largest absolute Gasteiger partial charge is 0.460 e. The quantitative estimate of drug-likeness (QED) is 0.649. The molecule has 1 aromatic heterocycles. The highest BCUT2D eigenvalue weighted by molar-refractivity contribution is 6.03. The van der Waals surface area contributed by atoms with Gasteiger partial charge in [0.2, 0.25) is 0 Å². The molecule has 0 saturated carbocycles. The second kappa shape index (κ2) is 6.78. The van der Waals surface area contributed by atoms with Crippen molar-refractivity contribution < 1.29 is 14.3 Å². The molecule has 6 heteroatoms. The van der Waals surface area contributed by atoms with Gasteiger partial charge in [0.25, 0.3) is 0 Å². The maximum atomic E-state index is 12.1. The average molecular weight is 289 g/mol. The van der Waals surface area contributed by atoms with Gasteiger partial charge in [-0.2, -0.15) is 0 Å². The number of aromatic nitrogens is 1. The normalized spacial score (nSPS) is 10.4. The van der Waals surface area contributed by atoms with E-state index in [0.29, 0.717) is 12.1 Å². The minimum absolute atomic E-state index is 0.138. The molecule has 1 aromatic carbocycles. The predicted molar refractivity (Wildman–Crippen MR) is 80.3 cm³/mol. The van der Waals surface area contributed by atoms with E-state index in [4.69, 9.17) is 4.74 Å². The SMILES string of the molecule is CCNC(=O)NCCOC(=O)c1cccc2c1ccn2C. The van der Waals surface area contributed by atoms with E-state index in [1.807, 2.05) is 42.9 Å². The van der Waals surface area contributed by atoms with Gasteiger partial charge < -0.3 is 19.9 Å². The maximum absolute atomic E-state index is 12.1. The Morgan fingerprint density at radius 3 is 2.81 bits per heavy atom. The molecule has 0 saturated heterocycles. The molecule has 0 atom stereocenters. The Balaban J connectivity index is 1.92. The third-order valence-corrected chi connectivity index (χ3v) is 3.11. The lowest BCUT2D eigenvalue weighted by Gasteiger charge is -2.08. The summed E-state index contributed by atoms with van der Waals surface area (Å²) in [5.74, 6) is -0.385. The number of ether oxygens (including phenoxy) is 1. The fraction of sp³-hybridized carbons (Fsp3) is 0.333. The smallest absolute Gasteiger partial charge is 0.338 e. The average Bonchev–Trinajstić information content (AvgIpc) is 2.85. The van der Waals surface area contributed by atoms with Crippen LogP contribution in [0.4, 0.5) is 4.79 Å². The van der Waals surface area contributed by atoms with E-state index >= 15 is 0 Å². The van der Waals surface area contributed by atoms with Crippen molar-refractivity contribution in [2.45, 2.75) is 6.92 Å². The van der Waals surface area contributed by atoms with Crippen LogP contribution in [0.2, 0.25) is 0 Å². The molecule has 2 amide bonds. The Labute approximate surface area is 123 Å². The Bertz CT molecular complexity index is 649. The van der Waals surface area contributed by atoms with Crippen LogP contribution in [0.5, 0.6) is 0 Å². The van der Waals surface area contributed by atoms with Gasteiger partial charge in [-0.3, -0.25) is 0 Å². The van der Waals surface area contributed by atoms with Crippen molar-refractivity contribution in [2.75, 3.05) is 19.7 Å². The molecule has 21 heavy (non-hydrogen) atoms. The summed E-state index contributed by atoms with van der Waals surface area (Å²) in [4.78, 5) is 23.2. The van der Waals surface area contributed by atoms with Crippen molar-refractivity contribution >= 4 is 22.9 Å². The molecular formula is C15H19N3O3. The number of nitrogens with one attached hydrogen (secondary N) is 2. The Morgan fingerprint density at radius 2 is 2.05 bits per heavy atom. The van der Waals surface area contributed by atoms with Crippen LogP contribution in [0.15, 0.2) is 30.5 Å². The first kappa shape index (κ1) is 14.9. The Morgan fingerprint density at radius 1 is 1.24 bits per heavy atom. The lowest BCUT2D eigenvalue weighted by atomic mass is 10.1. The molecule has 2 aromatic rings. The first-order valence-electron chi connectivity index (χ1n) is 6.86. The van der Waals surface area contributed by atoms with Gasteiger partial charge in [0.1, 0.15) is 6.61 Å². The molecule has 2 N–H and O–H groups in total. The highest BCUT2D eigenvalue weighted by atomic mass is 16.5. The molecule has 6 nitrogen and oxygen atoms in total. The lowest BCUT2D eigenvalue weighted by Crippen LogP contribution is -2.37. The molecule has 0 spiro atoms. The standard InChI is InChI=1S/C15H19N3O3/c1-3-16-15(20)17-8-10-21-14(19)12-5-4-6-13-11(12)7-9-18(13)2/h4-7,9H,3,8,10H2,1-2H3,(H2,16,17,20). The molecule has 2 rings (SSSR count). The highest BCUT2D eigenvalue weighted by Crippen LogP contribution is 2.20. The van der Waals surface area contributed by atoms with Crippen LogP contribution >= 0.6 is 0 Å². The molecule has 0 bridgehead atoms. The van der Waals surface area contributed by atoms with E-state index in [2.05, 4.69) is 10.6 Å². The fourth-order valence-corrected chi connectivity index (χ4v) is 2.09. The van der Waals surface area contributed by atoms with Crippen molar-refractivity contribution in [1.82, 2.24) is 15.2 Å². The van der Waals surface area contributed by atoms with Gasteiger partial charge in [-0.15, -0.1) is 0 Å². The zero-order chi connectivity index (χ0) is 15.2. The van der Waals surface area contributed by atoms with Crippen LogP contribution in [-0.4, -0.2) is 36.3 Å².